The average molecular weight is 375 g/mol. The lowest BCUT2D eigenvalue weighted by Crippen LogP contribution is -2.55. The van der Waals surface area contributed by atoms with E-state index in [1.807, 2.05) is 27.7 Å². The van der Waals surface area contributed by atoms with Gasteiger partial charge < -0.3 is 19.5 Å². The van der Waals surface area contributed by atoms with Crippen LogP contribution in [-0.2, 0) is 14.3 Å². The van der Waals surface area contributed by atoms with Crippen LogP contribution in [0.25, 0.3) is 0 Å². The van der Waals surface area contributed by atoms with E-state index in [2.05, 4.69) is 5.32 Å². The first-order chi connectivity index (χ1) is 12.6. The summed E-state index contributed by atoms with van der Waals surface area (Å²) in [6.07, 6.45) is 1.13. The Labute approximate surface area is 160 Å². The van der Waals surface area contributed by atoms with Gasteiger partial charge in [-0.15, -0.1) is 0 Å². The summed E-state index contributed by atoms with van der Waals surface area (Å²) < 4.78 is 16.8. The maximum atomic E-state index is 12.4. The molecule has 148 valence electrons. The summed E-state index contributed by atoms with van der Waals surface area (Å²) in [5.74, 6) is -0.160. The van der Waals surface area contributed by atoms with Crippen LogP contribution in [0.1, 0.15) is 63.5 Å². The van der Waals surface area contributed by atoms with Crippen LogP contribution < -0.4 is 10.1 Å². The van der Waals surface area contributed by atoms with Crippen LogP contribution >= 0.6 is 0 Å². The molecular weight excluding hydrogens is 346 g/mol. The first kappa shape index (κ1) is 21.0. The van der Waals surface area contributed by atoms with E-state index in [1.54, 1.807) is 38.1 Å². The molecule has 6 nitrogen and oxygen atoms in total. The van der Waals surface area contributed by atoms with Gasteiger partial charge in [-0.2, -0.15) is 0 Å². The number of ether oxygens (including phenoxy) is 3. The quantitative estimate of drug-likeness (QED) is 0.627. The van der Waals surface area contributed by atoms with Crippen molar-refractivity contribution in [2.75, 3.05) is 7.11 Å². The third-order valence-electron chi connectivity index (χ3n) is 4.63. The topological polar surface area (TPSA) is 73.9 Å². The Hall–Kier alpha value is -2.34. The first-order valence-electron chi connectivity index (χ1n) is 9.12. The summed E-state index contributed by atoms with van der Waals surface area (Å²) >= 11 is 0. The van der Waals surface area contributed by atoms with Crippen molar-refractivity contribution >= 4 is 11.9 Å². The van der Waals surface area contributed by atoms with Crippen LogP contribution in [0.3, 0.4) is 0 Å². The Morgan fingerprint density at radius 2 is 1.96 bits per heavy atom. The molecule has 0 spiro atoms. The smallest absolute Gasteiger partial charge is 0.337 e. The van der Waals surface area contributed by atoms with Gasteiger partial charge in [0.25, 0.3) is 0 Å². The van der Waals surface area contributed by atoms with E-state index in [9.17, 15) is 9.59 Å². The van der Waals surface area contributed by atoms with Gasteiger partial charge in [0.2, 0.25) is 0 Å². The van der Waals surface area contributed by atoms with Crippen molar-refractivity contribution in [3.8, 4) is 5.75 Å². The van der Waals surface area contributed by atoms with Crippen LogP contribution in [0, 0.1) is 0 Å². The first-order valence-corrected chi connectivity index (χ1v) is 9.12. The fourth-order valence-electron chi connectivity index (χ4n) is 3.11. The molecule has 1 aromatic carbocycles. The number of allylic oxidation sites excluding steroid dienone is 1. The van der Waals surface area contributed by atoms with Crippen molar-refractivity contribution in [3.05, 3.63) is 41.0 Å². The molecule has 1 aliphatic heterocycles. The largest absolute Gasteiger partial charge is 0.484 e. The summed E-state index contributed by atoms with van der Waals surface area (Å²) in [7, 11) is 1.34. The third kappa shape index (κ3) is 4.50. The Balaban J connectivity index is 2.52. The summed E-state index contributed by atoms with van der Waals surface area (Å²) in [6.45, 7) is 11.3. The number of rotatable bonds is 5. The number of fused-ring (bicyclic) bond motifs is 1. The van der Waals surface area contributed by atoms with Gasteiger partial charge in [-0.25, -0.2) is 9.59 Å². The van der Waals surface area contributed by atoms with Crippen molar-refractivity contribution in [2.24, 2.45) is 0 Å². The van der Waals surface area contributed by atoms with E-state index in [-0.39, 0.29) is 18.1 Å². The summed E-state index contributed by atoms with van der Waals surface area (Å²) in [4.78, 5) is 24.4. The lowest BCUT2D eigenvalue weighted by Gasteiger charge is -2.45. The maximum absolute atomic E-state index is 12.4. The Kier molecular flexibility index (Phi) is 6.31. The second-order valence-electron chi connectivity index (χ2n) is 7.55. The molecule has 0 saturated carbocycles. The van der Waals surface area contributed by atoms with E-state index in [0.29, 0.717) is 16.9 Å². The normalized spacial score (nSPS) is 21.3. The number of nitrogens with one attached hydrogen (secondary N) is 1. The number of benzene rings is 1. The predicted molar refractivity (Wildman–Crippen MR) is 103 cm³/mol. The minimum absolute atomic E-state index is 0.127. The van der Waals surface area contributed by atoms with E-state index in [1.165, 1.54) is 7.11 Å². The predicted octanol–water partition coefficient (Wildman–Crippen LogP) is 3.56. The van der Waals surface area contributed by atoms with E-state index in [4.69, 9.17) is 14.2 Å². The fourth-order valence-corrected chi connectivity index (χ4v) is 3.11. The van der Waals surface area contributed by atoms with Crippen molar-refractivity contribution in [1.29, 1.82) is 0 Å². The van der Waals surface area contributed by atoms with Crippen molar-refractivity contribution < 1.29 is 23.8 Å². The molecule has 0 bridgehead atoms. The molecule has 0 aromatic heterocycles. The van der Waals surface area contributed by atoms with E-state index < -0.39 is 17.7 Å². The van der Waals surface area contributed by atoms with Crippen LogP contribution in [0.2, 0.25) is 0 Å². The van der Waals surface area contributed by atoms with Crippen LogP contribution in [0.5, 0.6) is 5.75 Å². The Morgan fingerprint density at radius 1 is 1.30 bits per heavy atom. The second-order valence-corrected chi connectivity index (χ2v) is 7.55. The van der Waals surface area contributed by atoms with Gasteiger partial charge in [-0.05, 0) is 45.9 Å². The molecule has 27 heavy (non-hydrogen) atoms. The lowest BCUT2D eigenvalue weighted by atomic mass is 9.85. The molecule has 0 aliphatic carbocycles. The maximum Gasteiger partial charge on any atom is 0.337 e. The zero-order valence-corrected chi connectivity index (χ0v) is 17.1. The van der Waals surface area contributed by atoms with Crippen LogP contribution in [0.15, 0.2) is 29.8 Å². The summed E-state index contributed by atoms with van der Waals surface area (Å²) in [5, 5.41) is 3.46. The Morgan fingerprint density at radius 3 is 2.52 bits per heavy atom. The highest BCUT2D eigenvalue weighted by Gasteiger charge is 2.47. The average Bonchev–Trinajstić information content (AvgIpc) is 2.61. The third-order valence-corrected chi connectivity index (χ3v) is 4.63. The highest BCUT2D eigenvalue weighted by Crippen LogP contribution is 2.42. The molecular formula is C21H29NO5. The number of methoxy groups -OCH3 is 1. The number of hydrogen-bond donors (Lipinski definition) is 1. The standard InChI is InChI=1S/C21H29NO5/c1-8-13(4)19(23)26-18-17(22-12(2)3)15-11-14(20(24)25-7)9-10-16(15)27-21(18,5)6/h8-12,17-18,22H,1-7H3/b13-8+/t17-,18+/m1/s1. The van der Waals surface area contributed by atoms with Crippen molar-refractivity contribution in [1.82, 2.24) is 5.32 Å². The molecule has 1 aliphatic rings. The van der Waals surface area contributed by atoms with Gasteiger partial charge in [-0.1, -0.05) is 19.9 Å². The molecule has 0 saturated heterocycles. The van der Waals surface area contributed by atoms with Gasteiger partial charge >= 0.3 is 11.9 Å². The summed E-state index contributed by atoms with van der Waals surface area (Å²) in [6, 6.07) is 4.96. The van der Waals surface area contributed by atoms with E-state index >= 15 is 0 Å². The minimum Gasteiger partial charge on any atom is -0.484 e. The van der Waals surface area contributed by atoms with Crippen molar-refractivity contribution in [3.63, 3.8) is 0 Å². The highest BCUT2D eigenvalue weighted by molar-refractivity contribution is 5.90. The van der Waals surface area contributed by atoms with Crippen molar-refractivity contribution in [2.45, 2.75) is 65.3 Å². The molecule has 1 heterocycles. The molecule has 2 rings (SSSR count). The molecule has 2 atom stereocenters. The zero-order chi connectivity index (χ0) is 20.4. The zero-order valence-electron chi connectivity index (χ0n) is 17.1. The fraction of sp³-hybridized carbons (Fsp3) is 0.524. The number of hydrogen-bond acceptors (Lipinski definition) is 6. The lowest BCUT2D eigenvalue weighted by molar-refractivity contribution is -0.161. The molecule has 1 N–H and O–H groups in total. The molecule has 0 amide bonds. The van der Waals surface area contributed by atoms with E-state index in [0.717, 1.165) is 5.56 Å². The molecule has 0 unspecified atom stereocenters. The van der Waals surface area contributed by atoms with Gasteiger partial charge in [-0.3, -0.25) is 0 Å². The molecule has 6 heteroatoms. The number of carbonyl (C=O) groups is 2. The summed E-state index contributed by atoms with van der Waals surface area (Å²) in [5.41, 5.74) is 0.964. The van der Waals surface area contributed by atoms with Gasteiger partial charge in [0, 0.05) is 17.2 Å². The monoisotopic (exact) mass is 375 g/mol. The van der Waals surface area contributed by atoms with Crippen LogP contribution in [0.4, 0.5) is 0 Å². The molecule has 0 radical (unpaired) electrons. The van der Waals surface area contributed by atoms with Gasteiger partial charge in [0.05, 0.1) is 18.7 Å². The molecule has 1 aromatic rings. The highest BCUT2D eigenvalue weighted by atomic mass is 16.6. The second kappa shape index (κ2) is 8.13. The number of carbonyl (C=O) groups excluding carboxylic acids is 2. The molecule has 0 fully saturated rings. The van der Waals surface area contributed by atoms with Gasteiger partial charge in [0.1, 0.15) is 11.4 Å². The minimum atomic E-state index is -0.754. The van der Waals surface area contributed by atoms with Gasteiger partial charge in [0.15, 0.2) is 6.10 Å². The van der Waals surface area contributed by atoms with Crippen LogP contribution in [-0.4, -0.2) is 36.8 Å². The SMILES string of the molecule is C/C=C(\C)C(=O)O[C@H]1[C@H](NC(C)C)c2cc(C(=O)OC)ccc2OC1(C)C. The Bertz CT molecular complexity index is 751. The number of esters is 2.